The lowest BCUT2D eigenvalue weighted by Gasteiger charge is -2.35. The summed E-state index contributed by atoms with van der Waals surface area (Å²) in [5, 5.41) is 3.63. The Hall–Kier alpha value is -0.860. The van der Waals surface area contributed by atoms with Crippen molar-refractivity contribution in [3.63, 3.8) is 0 Å². The molecule has 1 aliphatic rings. The van der Waals surface area contributed by atoms with Crippen molar-refractivity contribution in [2.24, 2.45) is 0 Å². The van der Waals surface area contributed by atoms with Gasteiger partial charge in [0.2, 0.25) is 0 Å². The lowest BCUT2D eigenvalue weighted by molar-refractivity contribution is 0.154. The first-order chi connectivity index (χ1) is 10.3. The van der Waals surface area contributed by atoms with E-state index in [1.807, 2.05) is 0 Å². The molecule has 0 aliphatic heterocycles. The number of hydrogen-bond acceptors (Lipinski definition) is 2. The highest BCUT2D eigenvalue weighted by molar-refractivity contribution is 5.19. The van der Waals surface area contributed by atoms with E-state index in [4.69, 9.17) is 0 Å². The Morgan fingerprint density at radius 3 is 2.38 bits per heavy atom. The van der Waals surface area contributed by atoms with Crippen LogP contribution in [0, 0.1) is 0 Å². The maximum atomic E-state index is 3.63. The third-order valence-electron chi connectivity index (χ3n) is 4.84. The Morgan fingerprint density at radius 2 is 1.76 bits per heavy atom. The molecule has 1 aliphatic carbocycles. The zero-order valence-corrected chi connectivity index (χ0v) is 13.9. The summed E-state index contributed by atoms with van der Waals surface area (Å²) < 4.78 is 0. The van der Waals surface area contributed by atoms with Crippen molar-refractivity contribution in [2.75, 3.05) is 20.1 Å². The van der Waals surface area contributed by atoms with Crippen LogP contribution >= 0.6 is 0 Å². The van der Waals surface area contributed by atoms with Crippen molar-refractivity contribution >= 4 is 0 Å². The number of hydrogen-bond donors (Lipinski definition) is 1. The molecule has 1 aromatic rings. The third-order valence-corrected chi connectivity index (χ3v) is 4.84. The topological polar surface area (TPSA) is 15.3 Å². The average Bonchev–Trinajstić information content (AvgIpc) is 2.81. The molecule has 0 radical (unpaired) electrons. The molecule has 0 spiro atoms. The Labute approximate surface area is 130 Å². The maximum Gasteiger partial charge on any atom is 0.0472 e. The van der Waals surface area contributed by atoms with Crippen LogP contribution in [0.3, 0.4) is 0 Å². The highest BCUT2D eigenvalue weighted by atomic mass is 15.2. The fourth-order valence-corrected chi connectivity index (χ4v) is 3.51. The average molecular weight is 288 g/mol. The molecule has 0 heterocycles. The Morgan fingerprint density at radius 1 is 1.10 bits per heavy atom. The van der Waals surface area contributed by atoms with Crippen LogP contribution in [-0.2, 0) is 0 Å². The molecule has 0 saturated heterocycles. The number of nitrogens with zero attached hydrogens (tertiary/aromatic N) is 1. The quantitative estimate of drug-likeness (QED) is 0.591. The summed E-state index contributed by atoms with van der Waals surface area (Å²) in [6.45, 7) is 4.41. The largest absolute Gasteiger partial charge is 0.315 e. The number of benzene rings is 1. The number of rotatable bonds is 7. The summed E-state index contributed by atoms with van der Waals surface area (Å²) in [6, 6.07) is 12.3. The van der Waals surface area contributed by atoms with Gasteiger partial charge in [-0.15, -0.1) is 0 Å². The molecule has 1 aromatic carbocycles. The Balaban J connectivity index is 2.05. The SMILES string of the molecule is CCCNCC(c1ccccc1)N(C)C1CCCCCC1. The van der Waals surface area contributed by atoms with Crippen LogP contribution in [0.2, 0.25) is 0 Å². The minimum atomic E-state index is 0.501. The van der Waals surface area contributed by atoms with Crippen molar-refractivity contribution in [3.05, 3.63) is 35.9 Å². The van der Waals surface area contributed by atoms with E-state index in [1.165, 1.54) is 50.5 Å². The fraction of sp³-hybridized carbons (Fsp3) is 0.684. The smallest absolute Gasteiger partial charge is 0.0472 e. The minimum absolute atomic E-state index is 0.501. The minimum Gasteiger partial charge on any atom is -0.315 e. The van der Waals surface area contributed by atoms with Crippen LogP contribution in [0.1, 0.15) is 63.5 Å². The van der Waals surface area contributed by atoms with Crippen LogP contribution in [0.25, 0.3) is 0 Å². The Bertz CT molecular complexity index is 368. The molecule has 1 N–H and O–H groups in total. The molecule has 0 aromatic heterocycles. The van der Waals surface area contributed by atoms with Crippen molar-refractivity contribution in [1.29, 1.82) is 0 Å². The second-order valence-corrected chi connectivity index (χ2v) is 6.44. The van der Waals surface area contributed by atoms with Crippen molar-refractivity contribution in [1.82, 2.24) is 10.2 Å². The molecule has 118 valence electrons. The van der Waals surface area contributed by atoms with Crippen LogP contribution in [0.5, 0.6) is 0 Å². The normalized spacial score (nSPS) is 18.6. The summed E-state index contributed by atoms with van der Waals surface area (Å²) in [6.07, 6.45) is 9.59. The van der Waals surface area contributed by atoms with Crippen LogP contribution in [0.15, 0.2) is 30.3 Å². The van der Waals surface area contributed by atoms with Gasteiger partial charge in [-0.25, -0.2) is 0 Å². The fourth-order valence-electron chi connectivity index (χ4n) is 3.51. The number of nitrogens with one attached hydrogen (secondary N) is 1. The van der Waals surface area contributed by atoms with Gasteiger partial charge in [-0.2, -0.15) is 0 Å². The first-order valence-corrected chi connectivity index (χ1v) is 8.80. The number of likely N-dealkylation sites (N-methyl/N-ethyl adjacent to an activating group) is 1. The first-order valence-electron chi connectivity index (χ1n) is 8.80. The molecule has 0 amide bonds. The third kappa shape index (κ3) is 5.12. The van der Waals surface area contributed by atoms with Gasteiger partial charge in [0.05, 0.1) is 0 Å². The molecule has 2 heteroatoms. The van der Waals surface area contributed by atoms with Crippen molar-refractivity contribution in [3.8, 4) is 0 Å². The van der Waals surface area contributed by atoms with Gasteiger partial charge in [0.15, 0.2) is 0 Å². The standard InChI is InChI=1S/C19H32N2/c1-3-15-20-16-19(17-11-7-6-8-12-17)21(2)18-13-9-4-5-10-14-18/h6-8,11-12,18-20H,3-5,9-10,13-16H2,1-2H3. The van der Waals surface area contributed by atoms with Gasteiger partial charge in [-0.1, -0.05) is 62.9 Å². The molecule has 1 saturated carbocycles. The molecule has 1 fully saturated rings. The van der Waals surface area contributed by atoms with Crippen molar-refractivity contribution < 1.29 is 0 Å². The monoisotopic (exact) mass is 288 g/mol. The van der Waals surface area contributed by atoms with E-state index in [9.17, 15) is 0 Å². The Kier molecular flexibility index (Phi) is 7.25. The van der Waals surface area contributed by atoms with E-state index in [0.29, 0.717) is 6.04 Å². The zero-order valence-electron chi connectivity index (χ0n) is 13.9. The van der Waals surface area contributed by atoms with Crippen LogP contribution < -0.4 is 5.32 Å². The zero-order chi connectivity index (χ0) is 14.9. The summed E-state index contributed by atoms with van der Waals surface area (Å²) in [5.74, 6) is 0. The van der Waals surface area contributed by atoms with Gasteiger partial charge in [0, 0.05) is 18.6 Å². The molecular formula is C19H32N2. The predicted octanol–water partition coefficient (Wildman–Crippen LogP) is 4.38. The van der Waals surface area contributed by atoms with Gasteiger partial charge in [-0.3, -0.25) is 4.90 Å². The molecule has 2 rings (SSSR count). The first kappa shape index (κ1) is 16.5. The summed E-state index contributed by atoms with van der Waals surface area (Å²) in [5.41, 5.74) is 1.45. The summed E-state index contributed by atoms with van der Waals surface area (Å²) in [7, 11) is 2.33. The molecule has 1 unspecified atom stereocenters. The van der Waals surface area contributed by atoms with Crippen LogP contribution in [-0.4, -0.2) is 31.1 Å². The van der Waals surface area contributed by atoms with Gasteiger partial charge in [0.1, 0.15) is 0 Å². The van der Waals surface area contributed by atoms with E-state index in [-0.39, 0.29) is 0 Å². The van der Waals surface area contributed by atoms with Crippen molar-refractivity contribution in [2.45, 2.75) is 64.0 Å². The van der Waals surface area contributed by atoms with Gasteiger partial charge in [0.25, 0.3) is 0 Å². The van der Waals surface area contributed by atoms with Gasteiger partial charge in [-0.05, 0) is 38.4 Å². The van der Waals surface area contributed by atoms with E-state index in [0.717, 1.165) is 19.1 Å². The van der Waals surface area contributed by atoms with Crippen LogP contribution in [0.4, 0.5) is 0 Å². The van der Waals surface area contributed by atoms with E-state index in [2.05, 4.69) is 54.5 Å². The summed E-state index contributed by atoms with van der Waals surface area (Å²) >= 11 is 0. The van der Waals surface area contributed by atoms with Gasteiger partial charge >= 0.3 is 0 Å². The molecule has 0 bridgehead atoms. The highest BCUT2D eigenvalue weighted by Gasteiger charge is 2.24. The van der Waals surface area contributed by atoms with E-state index in [1.54, 1.807) is 0 Å². The van der Waals surface area contributed by atoms with E-state index >= 15 is 0 Å². The molecule has 1 atom stereocenters. The second-order valence-electron chi connectivity index (χ2n) is 6.44. The van der Waals surface area contributed by atoms with E-state index < -0.39 is 0 Å². The lowest BCUT2D eigenvalue weighted by Crippen LogP contribution is -2.40. The summed E-state index contributed by atoms with van der Waals surface area (Å²) in [4.78, 5) is 2.64. The second kappa shape index (κ2) is 9.22. The predicted molar refractivity (Wildman–Crippen MR) is 91.6 cm³/mol. The van der Waals surface area contributed by atoms with Gasteiger partial charge < -0.3 is 5.32 Å². The maximum absolute atomic E-state index is 3.63. The highest BCUT2D eigenvalue weighted by Crippen LogP contribution is 2.28. The lowest BCUT2D eigenvalue weighted by atomic mass is 10.0. The molecule has 2 nitrogen and oxygen atoms in total. The molecule has 21 heavy (non-hydrogen) atoms. The molecular weight excluding hydrogens is 256 g/mol.